The van der Waals surface area contributed by atoms with Gasteiger partial charge in [0.25, 0.3) is 0 Å². The van der Waals surface area contributed by atoms with Crippen LogP contribution in [0.1, 0.15) is 22.7 Å². The van der Waals surface area contributed by atoms with E-state index in [1.807, 2.05) is 0 Å². The summed E-state index contributed by atoms with van der Waals surface area (Å²) in [6, 6.07) is 16.4. The molecule has 4 rings (SSSR count). The Morgan fingerprint density at radius 3 is 2.62 bits per heavy atom. The zero-order valence-corrected chi connectivity index (χ0v) is 15.0. The van der Waals surface area contributed by atoms with E-state index in [4.69, 9.17) is 9.47 Å². The van der Waals surface area contributed by atoms with Crippen LogP contribution >= 0.6 is 0 Å². The number of hydrogen-bond donors (Lipinski definition) is 0. The lowest BCUT2D eigenvalue weighted by atomic mass is 10.2. The second kappa shape index (κ2) is 8.05. The first-order valence-corrected chi connectivity index (χ1v) is 8.71. The SMILES string of the molecule is O=C(OCc1nc2ccccc2n1C(F)F)c1ccccc1Oc1cccnc1. The van der Waals surface area contributed by atoms with Crippen LogP contribution in [0.2, 0.25) is 0 Å². The molecule has 29 heavy (non-hydrogen) atoms. The van der Waals surface area contributed by atoms with Crippen molar-refractivity contribution in [1.82, 2.24) is 14.5 Å². The fourth-order valence-corrected chi connectivity index (χ4v) is 2.88. The fourth-order valence-electron chi connectivity index (χ4n) is 2.88. The lowest BCUT2D eigenvalue weighted by Crippen LogP contribution is -2.11. The molecule has 0 N–H and O–H groups in total. The van der Waals surface area contributed by atoms with Gasteiger partial charge in [0, 0.05) is 6.20 Å². The summed E-state index contributed by atoms with van der Waals surface area (Å²) in [6.07, 6.45) is 3.11. The van der Waals surface area contributed by atoms with Gasteiger partial charge in [-0.25, -0.2) is 9.78 Å². The largest absolute Gasteiger partial charge is 0.455 e. The third-order valence-corrected chi connectivity index (χ3v) is 4.17. The number of benzene rings is 2. The van der Waals surface area contributed by atoms with Gasteiger partial charge in [-0.05, 0) is 36.4 Å². The Balaban J connectivity index is 1.56. The van der Waals surface area contributed by atoms with E-state index in [1.54, 1.807) is 54.7 Å². The molecular formula is C21H15F2N3O3. The molecule has 4 aromatic rings. The van der Waals surface area contributed by atoms with E-state index in [9.17, 15) is 13.6 Å². The Hall–Kier alpha value is -3.81. The van der Waals surface area contributed by atoms with E-state index in [0.29, 0.717) is 11.3 Å². The maximum absolute atomic E-state index is 13.5. The average Bonchev–Trinajstić information content (AvgIpc) is 3.12. The lowest BCUT2D eigenvalue weighted by molar-refractivity contribution is 0.0385. The number of esters is 1. The smallest absolute Gasteiger partial charge is 0.342 e. The first kappa shape index (κ1) is 18.5. The van der Waals surface area contributed by atoms with Gasteiger partial charge in [-0.15, -0.1) is 0 Å². The summed E-state index contributed by atoms with van der Waals surface area (Å²) in [5, 5.41) is 0. The highest BCUT2D eigenvalue weighted by Gasteiger charge is 2.20. The molecule has 0 aliphatic carbocycles. The standard InChI is InChI=1S/C21H15F2N3O3/c22-21(23)26-17-9-3-2-8-16(17)25-19(26)13-28-20(27)15-7-1-4-10-18(15)29-14-6-5-11-24-12-14/h1-12,21H,13H2. The number of para-hydroxylation sites is 3. The van der Waals surface area contributed by atoms with Crippen LogP contribution < -0.4 is 4.74 Å². The number of halogens is 2. The first-order chi connectivity index (χ1) is 14.1. The van der Waals surface area contributed by atoms with Gasteiger partial charge in [-0.2, -0.15) is 8.78 Å². The molecule has 8 heteroatoms. The number of aromatic nitrogens is 3. The zero-order chi connectivity index (χ0) is 20.2. The van der Waals surface area contributed by atoms with E-state index in [1.165, 1.54) is 18.3 Å². The second-order valence-corrected chi connectivity index (χ2v) is 6.03. The minimum absolute atomic E-state index is 0.0415. The van der Waals surface area contributed by atoms with Crippen LogP contribution in [0.25, 0.3) is 11.0 Å². The Bertz CT molecular complexity index is 1150. The van der Waals surface area contributed by atoms with Crippen LogP contribution in [0, 0.1) is 0 Å². The number of ether oxygens (including phenoxy) is 2. The predicted molar refractivity (Wildman–Crippen MR) is 101 cm³/mol. The Morgan fingerprint density at radius 1 is 1.03 bits per heavy atom. The van der Waals surface area contributed by atoms with Crippen LogP contribution in [-0.4, -0.2) is 20.5 Å². The molecule has 6 nitrogen and oxygen atoms in total. The average molecular weight is 395 g/mol. The number of rotatable bonds is 6. The van der Waals surface area contributed by atoms with E-state index < -0.39 is 19.1 Å². The highest BCUT2D eigenvalue weighted by atomic mass is 19.3. The predicted octanol–water partition coefficient (Wildman–Crippen LogP) is 4.98. The molecule has 0 fully saturated rings. The molecule has 2 aromatic heterocycles. The molecule has 0 spiro atoms. The van der Waals surface area contributed by atoms with Crippen molar-refractivity contribution in [3.05, 3.63) is 84.4 Å². The fraction of sp³-hybridized carbons (Fsp3) is 0.0952. The number of imidazole rings is 1. The molecule has 2 aromatic carbocycles. The zero-order valence-electron chi connectivity index (χ0n) is 15.0. The van der Waals surface area contributed by atoms with Gasteiger partial charge in [-0.3, -0.25) is 9.55 Å². The van der Waals surface area contributed by atoms with E-state index in [0.717, 1.165) is 4.57 Å². The van der Waals surface area contributed by atoms with Gasteiger partial charge in [0.2, 0.25) is 0 Å². The van der Waals surface area contributed by atoms with Crippen LogP contribution in [0.5, 0.6) is 11.5 Å². The normalized spacial score (nSPS) is 11.0. The van der Waals surface area contributed by atoms with Gasteiger partial charge in [0.1, 0.15) is 23.7 Å². The molecule has 0 atom stereocenters. The molecule has 0 amide bonds. The van der Waals surface area contributed by atoms with Crippen molar-refractivity contribution in [3.63, 3.8) is 0 Å². The van der Waals surface area contributed by atoms with Gasteiger partial charge >= 0.3 is 12.5 Å². The molecule has 0 saturated heterocycles. The maximum Gasteiger partial charge on any atom is 0.342 e. The Kier molecular flexibility index (Phi) is 5.15. The summed E-state index contributed by atoms with van der Waals surface area (Å²) in [5.41, 5.74) is 0.837. The van der Waals surface area contributed by atoms with Crippen LogP contribution in [0.4, 0.5) is 8.78 Å². The number of pyridine rings is 1. The van der Waals surface area contributed by atoms with Crippen molar-refractivity contribution in [2.24, 2.45) is 0 Å². The minimum Gasteiger partial charge on any atom is -0.455 e. The first-order valence-electron chi connectivity index (χ1n) is 8.71. The second-order valence-electron chi connectivity index (χ2n) is 6.03. The van der Waals surface area contributed by atoms with Crippen molar-refractivity contribution in [2.75, 3.05) is 0 Å². The summed E-state index contributed by atoms with van der Waals surface area (Å²) in [7, 11) is 0. The summed E-state index contributed by atoms with van der Waals surface area (Å²) in [4.78, 5) is 20.7. The summed E-state index contributed by atoms with van der Waals surface area (Å²) >= 11 is 0. The lowest BCUT2D eigenvalue weighted by Gasteiger charge is -2.11. The molecule has 2 heterocycles. The molecule has 0 saturated carbocycles. The third kappa shape index (κ3) is 3.91. The summed E-state index contributed by atoms with van der Waals surface area (Å²) in [5.74, 6) is -0.0299. The summed E-state index contributed by atoms with van der Waals surface area (Å²) < 4.78 is 38.7. The topological polar surface area (TPSA) is 66.2 Å². The number of nitrogens with zero attached hydrogens (tertiary/aromatic N) is 3. The van der Waals surface area contributed by atoms with Gasteiger partial charge in [0.15, 0.2) is 5.82 Å². The van der Waals surface area contributed by atoms with Gasteiger partial charge in [-0.1, -0.05) is 24.3 Å². The highest BCUT2D eigenvalue weighted by molar-refractivity contribution is 5.92. The Morgan fingerprint density at radius 2 is 1.83 bits per heavy atom. The Labute approximate surface area is 164 Å². The molecular weight excluding hydrogens is 380 g/mol. The molecule has 0 unspecified atom stereocenters. The number of hydrogen-bond acceptors (Lipinski definition) is 5. The third-order valence-electron chi connectivity index (χ3n) is 4.17. The van der Waals surface area contributed by atoms with Crippen molar-refractivity contribution in [2.45, 2.75) is 13.2 Å². The van der Waals surface area contributed by atoms with E-state index >= 15 is 0 Å². The minimum atomic E-state index is -2.81. The number of carbonyl (C=O) groups excluding carboxylic acids is 1. The number of fused-ring (bicyclic) bond motifs is 1. The molecule has 146 valence electrons. The van der Waals surface area contributed by atoms with Crippen molar-refractivity contribution < 1.29 is 23.0 Å². The van der Waals surface area contributed by atoms with Crippen molar-refractivity contribution >= 4 is 17.0 Å². The van der Waals surface area contributed by atoms with Crippen LogP contribution in [0.3, 0.4) is 0 Å². The van der Waals surface area contributed by atoms with Gasteiger partial charge < -0.3 is 9.47 Å². The monoisotopic (exact) mass is 395 g/mol. The molecule has 0 aliphatic heterocycles. The van der Waals surface area contributed by atoms with E-state index in [-0.39, 0.29) is 22.7 Å². The number of alkyl halides is 2. The molecule has 0 aliphatic rings. The van der Waals surface area contributed by atoms with Crippen LogP contribution in [-0.2, 0) is 11.3 Å². The van der Waals surface area contributed by atoms with E-state index in [2.05, 4.69) is 9.97 Å². The quantitative estimate of drug-likeness (QED) is 0.431. The molecule has 0 radical (unpaired) electrons. The highest BCUT2D eigenvalue weighted by Crippen LogP contribution is 2.27. The van der Waals surface area contributed by atoms with Crippen molar-refractivity contribution in [1.29, 1.82) is 0 Å². The maximum atomic E-state index is 13.5. The summed E-state index contributed by atoms with van der Waals surface area (Å²) in [6.45, 7) is -3.21. The molecule has 0 bridgehead atoms. The van der Waals surface area contributed by atoms with Gasteiger partial charge in [0.05, 0.1) is 17.2 Å². The number of carbonyl (C=O) groups is 1. The van der Waals surface area contributed by atoms with Crippen molar-refractivity contribution in [3.8, 4) is 11.5 Å². The van der Waals surface area contributed by atoms with Crippen LogP contribution in [0.15, 0.2) is 73.1 Å².